The molecule has 10 atom stereocenters. The van der Waals surface area contributed by atoms with Crippen molar-refractivity contribution in [2.24, 2.45) is 0 Å². The molecule has 2 aliphatic rings. The van der Waals surface area contributed by atoms with Crippen LogP contribution in [0.25, 0.3) is 0 Å². The Bertz CT molecular complexity index is 2350. The zero-order valence-corrected chi connectivity index (χ0v) is 39.2. The molecule has 0 aliphatic carbocycles. The molecule has 2 fully saturated rings. The Morgan fingerprint density at radius 1 is 0.406 bits per heavy atom. The molecule has 2 saturated heterocycles. The normalized spacial score (nSPS) is 24.7. The molecule has 0 bridgehead atoms. The molecule has 0 radical (unpaired) electrons. The first-order chi connectivity index (χ1) is 34.0. The molecular weight excluding hydrogens is 875 g/mol. The number of carbonyl (C=O) groups excluding carboxylic acids is 1. The SMILES string of the molecule is CO[C@H]1O[C@H](CO[C@@H]2O[C@H](COCc3ccccc3)[C@@H](OCc3ccccc3)[C@H](OCc3ccccc3)[C@H]2OCc2ccccc2)[C@@H](OCc2ccccc2)[C@H](OCc2ccccc2)[C@H]1NC(C)=O. The number of carbonyl (C=O) groups is 1. The van der Waals surface area contributed by atoms with Crippen LogP contribution in [0.2, 0.25) is 0 Å². The van der Waals surface area contributed by atoms with Crippen molar-refractivity contribution in [2.75, 3.05) is 20.3 Å². The lowest BCUT2D eigenvalue weighted by atomic mass is 9.95. The van der Waals surface area contributed by atoms with Crippen LogP contribution in [0.5, 0.6) is 0 Å². The molecule has 2 heterocycles. The summed E-state index contributed by atoms with van der Waals surface area (Å²) in [4.78, 5) is 12.8. The van der Waals surface area contributed by atoms with E-state index in [2.05, 4.69) is 5.32 Å². The molecule has 0 saturated carbocycles. The van der Waals surface area contributed by atoms with Crippen molar-refractivity contribution in [2.45, 2.75) is 108 Å². The van der Waals surface area contributed by atoms with Gasteiger partial charge in [0.05, 0.1) is 52.9 Å². The zero-order valence-electron chi connectivity index (χ0n) is 39.2. The Morgan fingerprint density at radius 2 is 0.739 bits per heavy atom. The molecule has 1 amide bonds. The summed E-state index contributed by atoms with van der Waals surface area (Å²) in [7, 11) is 1.54. The predicted molar refractivity (Wildman–Crippen MR) is 259 cm³/mol. The molecule has 12 heteroatoms. The zero-order chi connectivity index (χ0) is 47.5. The number of hydrogen-bond donors (Lipinski definition) is 1. The fraction of sp³-hybridized carbons (Fsp3) is 0.351. The molecule has 0 aromatic heterocycles. The third-order valence-corrected chi connectivity index (χ3v) is 12.1. The monoisotopic (exact) mass is 937 g/mol. The van der Waals surface area contributed by atoms with Crippen LogP contribution < -0.4 is 5.32 Å². The van der Waals surface area contributed by atoms with Crippen LogP contribution in [-0.2, 0) is 91.8 Å². The summed E-state index contributed by atoms with van der Waals surface area (Å²) in [6.07, 6.45) is -7.09. The quantitative estimate of drug-likeness (QED) is 0.0628. The van der Waals surface area contributed by atoms with Crippen LogP contribution >= 0.6 is 0 Å². The van der Waals surface area contributed by atoms with Gasteiger partial charge in [-0.1, -0.05) is 182 Å². The molecule has 2 aliphatic heterocycles. The molecule has 362 valence electrons. The van der Waals surface area contributed by atoms with E-state index in [0.29, 0.717) is 13.2 Å². The van der Waals surface area contributed by atoms with Gasteiger partial charge in [-0.15, -0.1) is 0 Å². The predicted octanol–water partition coefficient (Wildman–Crippen LogP) is 8.75. The highest BCUT2D eigenvalue weighted by atomic mass is 16.7. The summed E-state index contributed by atoms with van der Waals surface area (Å²) in [6, 6.07) is 59.0. The first kappa shape index (κ1) is 49.8. The topological polar surface area (TPSA) is 121 Å². The van der Waals surface area contributed by atoms with Crippen molar-refractivity contribution < 1.29 is 52.2 Å². The first-order valence-electron chi connectivity index (χ1n) is 23.6. The van der Waals surface area contributed by atoms with Crippen molar-refractivity contribution in [1.82, 2.24) is 5.32 Å². The van der Waals surface area contributed by atoms with Gasteiger partial charge < -0.3 is 52.7 Å². The number of benzene rings is 6. The van der Waals surface area contributed by atoms with Gasteiger partial charge in [-0.05, 0) is 33.4 Å². The van der Waals surface area contributed by atoms with Crippen LogP contribution in [0, 0.1) is 0 Å². The van der Waals surface area contributed by atoms with Crippen LogP contribution in [0.4, 0.5) is 0 Å². The number of rotatable bonds is 24. The van der Waals surface area contributed by atoms with Gasteiger partial charge in [0, 0.05) is 14.0 Å². The standard InChI is InChI=1S/C57H63NO11/c1-41(59)58-50-53(64-36-45-27-15-6-16-28-45)51(62-34-43-23-11-4-12-24-43)49(68-56(50)60-2)40-67-57-55(66-38-47-31-19-8-20-32-47)54(65-37-46-29-17-7-18-30-46)52(63-35-44-25-13-5-14-26-44)48(69-57)39-61-33-42-21-9-3-10-22-42/h3-32,48-57H,33-40H2,1-2H3,(H,58,59)/t48-,49-,50-,51-,52-,53-,54+,55-,56+,57-/m1/s1. The van der Waals surface area contributed by atoms with Gasteiger partial charge in [0.25, 0.3) is 0 Å². The number of hydrogen-bond acceptors (Lipinski definition) is 11. The van der Waals surface area contributed by atoms with Gasteiger partial charge in [0.2, 0.25) is 5.91 Å². The van der Waals surface area contributed by atoms with Crippen LogP contribution in [0.15, 0.2) is 182 Å². The largest absolute Gasteiger partial charge is 0.374 e. The fourth-order valence-corrected chi connectivity index (χ4v) is 8.63. The van der Waals surface area contributed by atoms with Gasteiger partial charge in [0.1, 0.15) is 48.8 Å². The van der Waals surface area contributed by atoms with E-state index in [0.717, 1.165) is 33.4 Å². The van der Waals surface area contributed by atoms with E-state index in [1.54, 1.807) is 7.11 Å². The van der Waals surface area contributed by atoms with E-state index in [1.807, 2.05) is 182 Å². The van der Waals surface area contributed by atoms with Crippen molar-refractivity contribution in [3.63, 3.8) is 0 Å². The Labute approximate surface area is 405 Å². The van der Waals surface area contributed by atoms with E-state index < -0.39 is 61.3 Å². The minimum absolute atomic E-state index is 0.0499. The van der Waals surface area contributed by atoms with E-state index in [-0.39, 0.29) is 45.5 Å². The van der Waals surface area contributed by atoms with Crippen molar-refractivity contribution in [1.29, 1.82) is 0 Å². The van der Waals surface area contributed by atoms with Crippen LogP contribution in [0.3, 0.4) is 0 Å². The molecule has 12 nitrogen and oxygen atoms in total. The fourth-order valence-electron chi connectivity index (χ4n) is 8.63. The Morgan fingerprint density at radius 3 is 1.14 bits per heavy atom. The molecule has 1 N–H and O–H groups in total. The van der Waals surface area contributed by atoms with Crippen molar-refractivity contribution >= 4 is 5.91 Å². The van der Waals surface area contributed by atoms with Gasteiger partial charge >= 0.3 is 0 Å². The number of amides is 1. The lowest BCUT2D eigenvalue weighted by Gasteiger charge is -2.48. The summed E-state index contributed by atoms with van der Waals surface area (Å²) < 4.78 is 67.4. The summed E-state index contributed by atoms with van der Waals surface area (Å²) in [6.45, 7) is 3.21. The molecular formula is C57H63NO11. The summed E-state index contributed by atoms with van der Waals surface area (Å²) in [5, 5.41) is 3.04. The van der Waals surface area contributed by atoms with Crippen molar-refractivity contribution in [3.8, 4) is 0 Å². The first-order valence-corrected chi connectivity index (χ1v) is 23.6. The molecule has 6 aromatic rings. The maximum absolute atomic E-state index is 12.8. The molecule has 6 aromatic carbocycles. The second-order valence-corrected chi connectivity index (χ2v) is 17.2. The second-order valence-electron chi connectivity index (χ2n) is 17.2. The third kappa shape index (κ3) is 14.7. The molecule has 0 unspecified atom stereocenters. The van der Waals surface area contributed by atoms with E-state index in [1.165, 1.54) is 6.92 Å². The minimum atomic E-state index is -1.02. The lowest BCUT2D eigenvalue weighted by Crippen LogP contribution is -2.66. The molecule has 0 spiro atoms. The Balaban J connectivity index is 1.13. The van der Waals surface area contributed by atoms with Gasteiger partial charge in [-0.3, -0.25) is 4.79 Å². The van der Waals surface area contributed by atoms with Gasteiger partial charge in [-0.25, -0.2) is 0 Å². The number of methoxy groups -OCH3 is 1. The summed E-state index contributed by atoms with van der Waals surface area (Å²) in [5.74, 6) is -0.268. The smallest absolute Gasteiger partial charge is 0.217 e. The van der Waals surface area contributed by atoms with E-state index >= 15 is 0 Å². The van der Waals surface area contributed by atoms with Crippen molar-refractivity contribution in [3.05, 3.63) is 215 Å². The second kappa shape index (κ2) is 26.4. The summed E-state index contributed by atoms with van der Waals surface area (Å²) >= 11 is 0. The molecule has 8 rings (SSSR count). The number of ether oxygens (including phenoxy) is 10. The highest BCUT2D eigenvalue weighted by molar-refractivity contribution is 5.73. The average molecular weight is 938 g/mol. The minimum Gasteiger partial charge on any atom is -0.374 e. The molecule has 69 heavy (non-hydrogen) atoms. The Kier molecular flexibility index (Phi) is 19.0. The highest BCUT2D eigenvalue weighted by Crippen LogP contribution is 2.34. The maximum atomic E-state index is 12.8. The van der Waals surface area contributed by atoms with Crippen LogP contribution in [0.1, 0.15) is 40.3 Å². The lowest BCUT2D eigenvalue weighted by molar-refractivity contribution is -0.342. The summed E-state index contributed by atoms with van der Waals surface area (Å²) in [5.41, 5.74) is 5.87. The highest BCUT2D eigenvalue weighted by Gasteiger charge is 2.52. The van der Waals surface area contributed by atoms with Crippen LogP contribution in [-0.4, -0.2) is 87.6 Å². The third-order valence-electron chi connectivity index (χ3n) is 12.1. The van der Waals surface area contributed by atoms with Gasteiger partial charge in [-0.2, -0.15) is 0 Å². The Hall–Kier alpha value is -5.61. The van der Waals surface area contributed by atoms with E-state index in [4.69, 9.17) is 47.4 Å². The van der Waals surface area contributed by atoms with E-state index in [9.17, 15) is 4.79 Å². The number of nitrogens with one attached hydrogen (secondary N) is 1. The van der Waals surface area contributed by atoms with Gasteiger partial charge in [0.15, 0.2) is 12.6 Å². The maximum Gasteiger partial charge on any atom is 0.217 e. The average Bonchev–Trinajstić information content (AvgIpc) is 3.39.